The van der Waals surface area contributed by atoms with Gasteiger partial charge in [-0.3, -0.25) is 14.4 Å². The summed E-state index contributed by atoms with van der Waals surface area (Å²) in [6.45, 7) is 11.9. The van der Waals surface area contributed by atoms with Crippen molar-refractivity contribution in [3.63, 3.8) is 0 Å². The van der Waals surface area contributed by atoms with Gasteiger partial charge in [-0.05, 0) is 33.6 Å². The van der Waals surface area contributed by atoms with Gasteiger partial charge in [0.05, 0.1) is 37.3 Å². The highest BCUT2D eigenvalue weighted by Gasteiger charge is 2.54. The van der Waals surface area contributed by atoms with Crippen molar-refractivity contribution in [3.8, 4) is 0 Å². The van der Waals surface area contributed by atoms with Gasteiger partial charge in [0.15, 0.2) is 0 Å². The summed E-state index contributed by atoms with van der Waals surface area (Å²) in [6.07, 6.45) is 7.31. The summed E-state index contributed by atoms with van der Waals surface area (Å²) in [6, 6.07) is 0. The van der Waals surface area contributed by atoms with Gasteiger partial charge in [-0.15, -0.1) is 0 Å². The topological polar surface area (TPSA) is 99.1 Å². The maximum Gasteiger partial charge on any atom is 0.306 e. The lowest BCUT2D eigenvalue weighted by atomic mass is 9.62. The molecule has 2 rings (SSSR count). The molecule has 2 aliphatic rings. The van der Waals surface area contributed by atoms with E-state index in [-0.39, 0.29) is 37.3 Å². The number of fused-ring (bicyclic) bond motifs is 2. The molecule has 5 atom stereocenters. The van der Waals surface area contributed by atoms with Gasteiger partial charge in [0.1, 0.15) is 11.9 Å². The Hall–Kier alpha value is -1.73. The largest absolute Gasteiger partial charge is 0.465 e. The van der Waals surface area contributed by atoms with Crippen LogP contribution in [0.1, 0.15) is 112 Å². The van der Waals surface area contributed by atoms with E-state index in [0.29, 0.717) is 25.7 Å². The van der Waals surface area contributed by atoms with E-state index in [0.717, 1.165) is 24.8 Å². The molecule has 0 aromatic carbocycles. The Kier molecular flexibility index (Phi) is 11.6. The summed E-state index contributed by atoms with van der Waals surface area (Å²) in [4.78, 5) is 37.8. The third kappa shape index (κ3) is 8.14. The van der Waals surface area contributed by atoms with Gasteiger partial charge in [0.2, 0.25) is 0 Å². The van der Waals surface area contributed by atoms with Crippen LogP contribution >= 0.6 is 0 Å². The highest BCUT2D eigenvalue weighted by atomic mass is 16.6. The molecule has 0 radical (unpaired) electrons. The summed E-state index contributed by atoms with van der Waals surface area (Å²) in [5, 5.41) is 10.3. The number of allylic oxidation sites excluding steroid dienone is 1. The van der Waals surface area contributed by atoms with Crippen molar-refractivity contribution < 1.29 is 33.7 Å². The molecule has 7 heteroatoms. The minimum absolute atomic E-state index is 0.0809. The van der Waals surface area contributed by atoms with Crippen LogP contribution in [-0.4, -0.2) is 53.3 Å². The number of carbonyl (C=O) groups is 3. The van der Waals surface area contributed by atoms with Gasteiger partial charge in [0.25, 0.3) is 0 Å². The highest BCUT2D eigenvalue weighted by molar-refractivity contribution is 5.79. The molecular weight excluding hydrogens is 460 g/mol. The van der Waals surface area contributed by atoms with E-state index in [4.69, 9.17) is 14.2 Å². The monoisotopic (exact) mass is 508 g/mol. The molecular formula is C29H48O7. The number of carbonyl (C=O) groups excluding carboxylic acids is 3. The first-order valence-electron chi connectivity index (χ1n) is 13.8. The number of aliphatic hydroxyl groups excluding tert-OH is 1. The van der Waals surface area contributed by atoms with E-state index >= 15 is 0 Å². The number of aliphatic hydroxyl groups is 1. The van der Waals surface area contributed by atoms with Gasteiger partial charge >= 0.3 is 11.9 Å². The second-order valence-electron chi connectivity index (χ2n) is 11.4. The predicted molar refractivity (Wildman–Crippen MR) is 138 cm³/mol. The molecule has 2 bridgehead atoms. The summed E-state index contributed by atoms with van der Waals surface area (Å²) in [5.74, 6) is -0.947. The number of rotatable bonds is 9. The highest BCUT2D eigenvalue weighted by Crippen LogP contribution is 2.51. The number of cyclic esters (lactones) is 2. The molecule has 2 heterocycles. The molecule has 0 aromatic heterocycles. The summed E-state index contributed by atoms with van der Waals surface area (Å²) in [5.41, 5.74) is -0.295. The predicted octanol–water partition coefficient (Wildman–Crippen LogP) is 5.46. The van der Waals surface area contributed by atoms with Crippen LogP contribution in [-0.2, 0) is 28.6 Å². The second kappa shape index (κ2) is 13.7. The van der Waals surface area contributed by atoms with Gasteiger partial charge in [-0.2, -0.15) is 0 Å². The molecule has 0 amide bonds. The SMILES string of the molecule is C/C=C1\C[C@H]2C[C@H]([C@@H](C)O)OC(=O)CCC(=O)OCC(C)(C)[C@](C)(O2)[C@H]1CC(=O)CCCCCCC. The minimum atomic E-state index is -0.880. The normalized spacial score (nSPS) is 31.4. The maximum absolute atomic E-state index is 13.1. The summed E-state index contributed by atoms with van der Waals surface area (Å²) >= 11 is 0. The molecule has 7 nitrogen and oxygen atoms in total. The molecule has 0 saturated carbocycles. The molecule has 0 unspecified atom stereocenters. The Morgan fingerprint density at radius 1 is 1.11 bits per heavy atom. The lowest BCUT2D eigenvalue weighted by molar-refractivity contribution is -0.213. The van der Waals surface area contributed by atoms with E-state index in [1.807, 2.05) is 27.7 Å². The Morgan fingerprint density at radius 3 is 2.42 bits per heavy atom. The number of Topliss-reactive ketones (excluding diaryl/α,β-unsaturated/α-hetero) is 1. The van der Waals surface area contributed by atoms with Gasteiger partial charge < -0.3 is 19.3 Å². The molecule has 0 aliphatic carbocycles. The average molecular weight is 509 g/mol. The quantitative estimate of drug-likeness (QED) is 0.251. The van der Waals surface area contributed by atoms with E-state index in [9.17, 15) is 19.5 Å². The van der Waals surface area contributed by atoms with Crippen molar-refractivity contribution in [1.82, 2.24) is 0 Å². The maximum atomic E-state index is 13.1. The zero-order valence-corrected chi connectivity index (χ0v) is 23.3. The fourth-order valence-corrected chi connectivity index (χ4v) is 5.40. The number of unbranched alkanes of at least 4 members (excludes halogenated alkanes) is 4. The number of ether oxygens (including phenoxy) is 3. The number of hydrogen-bond donors (Lipinski definition) is 1. The zero-order chi connectivity index (χ0) is 26.9. The Morgan fingerprint density at radius 2 is 1.78 bits per heavy atom. The van der Waals surface area contributed by atoms with E-state index in [1.165, 1.54) is 12.8 Å². The van der Waals surface area contributed by atoms with Crippen LogP contribution in [0.2, 0.25) is 0 Å². The van der Waals surface area contributed by atoms with Gasteiger partial charge in [0, 0.05) is 30.6 Å². The van der Waals surface area contributed by atoms with E-state index in [2.05, 4.69) is 13.0 Å². The lowest BCUT2D eigenvalue weighted by Crippen LogP contribution is -2.58. The van der Waals surface area contributed by atoms with E-state index in [1.54, 1.807) is 6.92 Å². The Bertz CT molecular complexity index is 784. The van der Waals surface area contributed by atoms with Crippen LogP contribution in [0.5, 0.6) is 0 Å². The van der Waals surface area contributed by atoms with Crippen molar-refractivity contribution in [2.75, 3.05) is 6.61 Å². The average Bonchev–Trinajstić information content (AvgIpc) is 2.82. The van der Waals surface area contributed by atoms with Gasteiger partial charge in [-0.1, -0.05) is 58.1 Å². The first-order valence-corrected chi connectivity index (χ1v) is 13.8. The first-order chi connectivity index (χ1) is 16.9. The molecule has 36 heavy (non-hydrogen) atoms. The molecule has 2 saturated heterocycles. The molecule has 206 valence electrons. The van der Waals surface area contributed by atoms with Crippen molar-refractivity contribution >= 4 is 17.7 Å². The smallest absolute Gasteiger partial charge is 0.306 e. The van der Waals surface area contributed by atoms with Crippen molar-refractivity contribution in [1.29, 1.82) is 0 Å². The number of esters is 2. The zero-order valence-electron chi connectivity index (χ0n) is 23.3. The Balaban J connectivity index is 2.34. The lowest BCUT2D eigenvalue weighted by Gasteiger charge is -2.54. The van der Waals surface area contributed by atoms with Crippen LogP contribution in [0, 0.1) is 11.3 Å². The third-order valence-electron chi connectivity index (χ3n) is 8.14. The van der Waals surface area contributed by atoms with Crippen LogP contribution in [0.25, 0.3) is 0 Å². The van der Waals surface area contributed by atoms with Crippen LogP contribution in [0.15, 0.2) is 11.6 Å². The molecule has 0 spiro atoms. The summed E-state index contributed by atoms with van der Waals surface area (Å²) in [7, 11) is 0. The van der Waals surface area contributed by atoms with Gasteiger partial charge in [-0.25, -0.2) is 0 Å². The van der Waals surface area contributed by atoms with Crippen molar-refractivity contribution in [2.45, 2.75) is 136 Å². The Labute approximate surface area is 217 Å². The molecule has 2 aliphatic heterocycles. The fourth-order valence-electron chi connectivity index (χ4n) is 5.40. The van der Waals surface area contributed by atoms with Crippen LogP contribution in [0.4, 0.5) is 0 Å². The molecule has 0 aromatic rings. The van der Waals surface area contributed by atoms with Crippen LogP contribution in [0.3, 0.4) is 0 Å². The fraction of sp³-hybridized carbons (Fsp3) is 0.828. The number of hydrogen-bond acceptors (Lipinski definition) is 7. The van der Waals surface area contributed by atoms with Crippen molar-refractivity contribution in [2.24, 2.45) is 11.3 Å². The second-order valence-corrected chi connectivity index (χ2v) is 11.4. The standard InChI is InChI=1S/C29H48O7/c1-7-9-10-11-12-13-22(31)17-24-21(8-2)16-23-18-25(20(3)30)35-27(33)15-14-26(32)34-19-28(4,5)29(24,6)36-23/h8,20,23-25,30H,7,9-19H2,1-6H3/b21-8+/t20-,23+,24+,25-,29-/m1/s1. The van der Waals surface area contributed by atoms with E-state index < -0.39 is 35.2 Å². The first kappa shape index (κ1) is 30.5. The minimum Gasteiger partial charge on any atom is -0.465 e. The molecule has 1 N–H and O–H groups in total. The molecule has 2 fully saturated rings. The third-order valence-corrected chi connectivity index (χ3v) is 8.14. The number of ketones is 1. The summed E-state index contributed by atoms with van der Waals surface area (Å²) < 4.78 is 17.9. The van der Waals surface area contributed by atoms with Crippen molar-refractivity contribution in [3.05, 3.63) is 11.6 Å². The van der Waals surface area contributed by atoms with Crippen LogP contribution < -0.4 is 0 Å².